The Kier molecular flexibility index (Phi) is 4.39. The number of nitrogens with two attached hydrogens (primary N) is 1. The summed E-state index contributed by atoms with van der Waals surface area (Å²) in [5, 5.41) is 4.76. The van der Waals surface area contributed by atoms with E-state index in [1.54, 1.807) is 24.4 Å². The normalized spacial score (nSPS) is 10.4. The molecule has 0 radical (unpaired) electrons. The molecule has 1 aromatic heterocycles. The van der Waals surface area contributed by atoms with E-state index in [0.29, 0.717) is 22.9 Å². The number of thiocarbonyl (C=S) groups is 1. The minimum absolute atomic E-state index is 0.288. The maximum Gasteiger partial charge on any atom is 0.131 e. The van der Waals surface area contributed by atoms with Crippen molar-refractivity contribution in [1.29, 1.82) is 0 Å². The predicted molar refractivity (Wildman–Crippen MR) is 79.6 cm³/mol. The molecular formula is C13H14ClN3OS. The van der Waals surface area contributed by atoms with Gasteiger partial charge in [0, 0.05) is 23.3 Å². The summed E-state index contributed by atoms with van der Waals surface area (Å²) < 4.78 is 7.56. The number of aryl methyl sites for hydroxylation is 1. The van der Waals surface area contributed by atoms with Crippen LogP contribution in [0.1, 0.15) is 18.1 Å². The first-order chi connectivity index (χ1) is 9.10. The molecule has 0 bridgehead atoms. The SMILES string of the molecule is CCn1cc(COc2cc(Cl)ccc2C(N)=S)cn1. The summed E-state index contributed by atoms with van der Waals surface area (Å²) in [6, 6.07) is 5.20. The Bertz CT molecular complexity index is 597. The summed E-state index contributed by atoms with van der Waals surface area (Å²) >= 11 is 10.9. The topological polar surface area (TPSA) is 53.1 Å². The van der Waals surface area contributed by atoms with Crippen LogP contribution < -0.4 is 10.5 Å². The number of hydrogen-bond donors (Lipinski definition) is 1. The lowest BCUT2D eigenvalue weighted by Gasteiger charge is -2.10. The highest BCUT2D eigenvalue weighted by Gasteiger charge is 2.08. The maximum atomic E-state index is 5.95. The molecular weight excluding hydrogens is 282 g/mol. The van der Waals surface area contributed by atoms with Gasteiger partial charge in [-0.15, -0.1) is 0 Å². The highest BCUT2D eigenvalue weighted by atomic mass is 35.5. The van der Waals surface area contributed by atoms with Gasteiger partial charge in [-0.25, -0.2) is 0 Å². The predicted octanol–water partition coefficient (Wildman–Crippen LogP) is 2.77. The van der Waals surface area contributed by atoms with Crippen LogP contribution in [0.2, 0.25) is 5.02 Å². The molecule has 0 spiro atoms. The van der Waals surface area contributed by atoms with Gasteiger partial charge in [0.1, 0.15) is 17.3 Å². The molecule has 2 aromatic rings. The molecule has 100 valence electrons. The number of halogens is 1. The van der Waals surface area contributed by atoms with E-state index in [4.69, 9.17) is 34.3 Å². The number of aromatic nitrogens is 2. The standard InChI is InChI=1S/C13H14ClN3OS/c1-2-17-7-9(6-16-17)8-18-12-5-10(14)3-4-11(12)13(15)19/h3-7H,2,8H2,1H3,(H2,15,19). The van der Waals surface area contributed by atoms with Gasteiger partial charge < -0.3 is 10.5 Å². The van der Waals surface area contributed by atoms with Gasteiger partial charge in [-0.05, 0) is 25.1 Å². The lowest BCUT2D eigenvalue weighted by atomic mass is 10.2. The fourth-order valence-corrected chi connectivity index (χ4v) is 1.96. The number of hydrogen-bond acceptors (Lipinski definition) is 3. The van der Waals surface area contributed by atoms with Gasteiger partial charge in [-0.1, -0.05) is 23.8 Å². The van der Waals surface area contributed by atoms with Gasteiger partial charge in [-0.2, -0.15) is 5.10 Å². The third kappa shape index (κ3) is 3.45. The third-order valence-electron chi connectivity index (χ3n) is 2.61. The number of benzene rings is 1. The van der Waals surface area contributed by atoms with Gasteiger partial charge in [0.25, 0.3) is 0 Å². The van der Waals surface area contributed by atoms with Crippen LogP contribution in [-0.4, -0.2) is 14.8 Å². The van der Waals surface area contributed by atoms with Crippen LogP contribution in [0.3, 0.4) is 0 Å². The van der Waals surface area contributed by atoms with Crippen LogP contribution >= 0.6 is 23.8 Å². The average Bonchev–Trinajstić information content (AvgIpc) is 2.84. The van der Waals surface area contributed by atoms with E-state index < -0.39 is 0 Å². The minimum Gasteiger partial charge on any atom is -0.488 e. The molecule has 6 heteroatoms. The van der Waals surface area contributed by atoms with Crippen molar-refractivity contribution in [1.82, 2.24) is 9.78 Å². The quantitative estimate of drug-likeness (QED) is 0.862. The Balaban J connectivity index is 2.14. The second-order valence-corrected chi connectivity index (χ2v) is 4.87. The molecule has 0 fully saturated rings. The zero-order chi connectivity index (χ0) is 13.8. The van der Waals surface area contributed by atoms with E-state index in [0.717, 1.165) is 12.1 Å². The van der Waals surface area contributed by atoms with Gasteiger partial charge in [0.2, 0.25) is 0 Å². The maximum absolute atomic E-state index is 5.95. The van der Waals surface area contributed by atoms with Crippen LogP contribution in [0.25, 0.3) is 0 Å². The van der Waals surface area contributed by atoms with E-state index >= 15 is 0 Å². The average molecular weight is 296 g/mol. The van der Waals surface area contributed by atoms with Crippen molar-refractivity contribution in [2.75, 3.05) is 0 Å². The van der Waals surface area contributed by atoms with Crippen LogP contribution in [0.15, 0.2) is 30.6 Å². The number of nitrogens with zero attached hydrogens (tertiary/aromatic N) is 2. The van der Waals surface area contributed by atoms with Crippen molar-refractivity contribution in [2.45, 2.75) is 20.1 Å². The fourth-order valence-electron chi connectivity index (χ4n) is 1.63. The third-order valence-corrected chi connectivity index (χ3v) is 3.07. The second kappa shape index (κ2) is 6.04. The van der Waals surface area contributed by atoms with Gasteiger partial charge >= 0.3 is 0 Å². The summed E-state index contributed by atoms with van der Waals surface area (Å²) in [4.78, 5) is 0.288. The lowest BCUT2D eigenvalue weighted by molar-refractivity contribution is 0.305. The number of rotatable bonds is 5. The second-order valence-electron chi connectivity index (χ2n) is 4.00. The molecule has 0 atom stereocenters. The Labute approximate surface area is 122 Å². The molecule has 0 amide bonds. The lowest BCUT2D eigenvalue weighted by Crippen LogP contribution is -2.11. The van der Waals surface area contributed by atoms with Crippen LogP contribution in [0.4, 0.5) is 0 Å². The first-order valence-electron chi connectivity index (χ1n) is 5.83. The van der Waals surface area contributed by atoms with Crippen LogP contribution in [0, 0.1) is 0 Å². The summed E-state index contributed by atoms with van der Waals surface area (Å²) in [6.07, 6.45) is 3.71. The molecule has 0 saturated heterocycles. The summed E-state index contributed by atoms with van der Waals surface area (Å²) in [6.45, 7) is 3.25. The molecule has 0 saturated carbocycles. The molecule has 2 rings (SSSR count). The van der Waals surface area contributed by atoms with Crippen LogP contribution in [0.5, 0.6) is 5.75 Å². The Hall–Kier alpha value is -1.59. The Morgan fingerprint density at radius 3 is 2.95 bits per heavy atom. The highest BCUT2D eigenvalue weighted by molar-refractivity contribution is 7.80. The van der Waals surface area contributed by atoms with Crippen molar-refractivity contribution < 1.29 is 4.74 Å². The van der Waals surface area contributed by atoms with E-state index in [1.807, 2.05) is 17.8 Å². The van der Waals surface area contributed by atoms with Crippen molar-refractivity contribution in [3.63, 3.8) is 0 Å². The van der Waals surface area contributed by atoms with Gasteiger partial charge in [0.15, 0.2) is 0 Å². The first-order valence-corrected chi connectivity index (χ1v) is 6.62. The van der Waals surface area contributed by atoms with Gasteiger partial charge in [-0.3, -0.25) is 4.68 Å². The first kappa shape index (κ1) is 13.8. The van der Waals surface area contributed by atoms with Crippen molar-refractivity contribution in [2.24, 2.45) is 5.73 Å². The molecule has 1 heterocycles. The van der Waals surface area contributed by atoms with Crippen molar-refractivity contribution in [3.8, 4) is 5.75 Å². The van der Waals surface area contributed by atoms with E-state index in [9.17, 15) is 0 Å². The Morgan fingerprint density at radius 1 is 1.53 bits per heavy atom. The molecule has 0 aliphatic rings. The highest BCUT2D eigenvalue weighted by Crippen LogP contribution is 2.24. The number of ether oxygens (including phenoxy) is 1. The molecule has 0 aliphatic carbocycles. The summed E-state index contributed by atoms with van der Waals surface area (Å²) in [5.41, 5.74) is 7.32. The van der Waals surface area contributed by atoms with Crippen molar-refractivity contribution in [3.05, 3.63) is 46.7 Å². The van der Waals surface area contributed by atoms with E-state index in [1.165, 1.54) is 0 Å². The van der Waals surface area contributed by atoms with E-state index in [-0.39, 0.29) is 4.99 Å². The summed E-state index contributed by atoms with van der Waals surface area (Å²) in [5.74, 6) is 0.587. The molecule has 1 aromatic carbocycles. The molecule has 2 N–H and O–H groups in total. The Morgan fingerprint density at radius 2 is 2.32 bits per heavy atom. The van der Waals surface area contributed by atoms with Crippen molar-refractivity contribution >= 4 is 28.8 Å². The summed E-state index contributed by atoms with van der Waals surface area (Å²) in [7, 11) is 0. The van der Waals surface area contributed by atoms with E-state index in [2.05, 4.69) is 5.10 Å². The zero-order valence-electron chi connectivity index (χ0n) is 10.5. The largest absolute Gasteiger partial charge is 0.488 e. The zero-order valence-corrected chi connectivity index (χ0v) is 12.0. The van der Waals surface area contributed by atoms with Crippen LogP contribution in [-0.2, 0) is 13.2 Å². The monoisotopic (exact) mass is 295 g/mol. The molecule has 0 aliphatic heterocycles. The molecule has 0 unspecified atom stereocenters. The fraction of sp³-hybridized carbons (Fsp3) is 0.231. The smallest absolute Gasteiger partial charge is 0.131 e. The molecule has 19 heavy (non-hydrogen) atoms. The minimum atomic E-state index is 0.288. The van der Waals surface area contributed by atoms with Gasteiger partial charge in [0.05, 0.1) is 11.8 Å². The molecule has 4 nitrogen and oxygen atoms in total.